The van der Waals surface area contributed by atoms with Crippen molar-refractivity contribution in [1.29, 1.82) is 0 Å². The van der Waals surface area contributed by atoms with Crippen LogP contribution in [0.4, 0.5) is 0 Å². The van der Waals surface area contributed by atoms with Crippen molar-refractivity contribution in [2.75, 3.05) is 0 Å². The van der Waals surface area contributed by atoms with Gasteiger partial charge in [-0.05, 0) is 109 Å². The Labute approximate surface area is 205 Å². The Hall–Kier alpha value is 0. The molecule has 7 fully saturated rings. The van der Waals surface area contributed by atoms with Gasteiger partial charge < -0.3 is 0 Å². The molecule has 0 bridgehead atoms. The highest BCUT2D eigenvalue weighted by molar-refractivity contribution is 5.13. The Kier molecular flexibility index (Phi) is 6.15. The monoisotopic (exact) mass is 450 g/mol. The van der Waals surface area contributed by atoms with Gasteiger partial charge in [-0.25, -0.2) is 0 Å². The first-order valence-corrected chi connectivity index (χ1v) is 16.3. The van der Waals surface area contributed by atoms with E-state index >= 15 is 0 Å². The molecule has 0 heterocycles. The van der Waals surface area contributed by atoms with Gasteiger partial charge in [0.1, 0.15) is 0 Å². The zero-order valence-corrected chi connectivity index (χ0v) is 21.9. The summed E-state index contributed by atoms with van der Waals surface area (Å²) in [7, 11) is 0. The lowest BCUT2D eigenvalue weighted by molar-refractivity contribution is -0.107. The summed E-state index contributed by atoms with van der Waals surface area (Å²) in [5.74, 6) is 14.8. The van der Waals surface area contributed by atoms with Crippen LogP contribution in [0.3, 0.4) is 0 Å². The van der Waals surface area contributed by atoms with Crippen molar-refractivity contribution < 1.29 is 0 Å². The van der Waals surface area contributed by atoms with Gasteiger partial charge in [0.2, 0.25) is 0 Å². The van der Waals surface area contributed by atoms with E-state index in [-0.39, 0.29) is 0 Å². The lowest BCUT2D eigenvalue weighted by Crippen LogP contribution is -2.53. The molecule has 0 aliphatic heterocycles. The third-order valence-electron chi connectivity index (χ3n) is 13.8. The Morgan fingerprint density at radius 2 is 0.758 bits per heavy atom. The summed E-state index contributed by atoms with van der Waals surface area (Å²) in [4.78, 5) is 0. The molecule has 0 amide bonds. The molecule has 0 aromatic carbocycles. The average molecular weight is 451 g/mol. The van der Waals surface area contributed by atoms with Gasteiger partial charge in [-0.1, -0.05) is 96.8 Å². The largest absolute Gasteiger partial charge is 0.0622 e. The number of fused-ring (bicyclic) bond motifs is 4. The third kappa shape index (κ3) is 3.56. The molecular weight excluding hydrogens is 396 g/mol. The van der Waals surface area contributed by atoms with Crippen molar-refractivity contribution in [3.8, 4) is 0 Å². The van der Waals surface area contributed by atoms with Gasteiger partial charge in [-0.15, -0.1) is 0 Å². The zero-order chi connectivity index (χ0) is 21.9. The third-order valence-corrected chi connectivity index (χ3v) is 13.8. The van der Waals surface area contributed by atoms with Crippen LogP contribution in [-0.2, 0) is 0 Å². The Morgan fingerprint density at radius 3 is 1.33 bits per heavy atom. The van der Waals surface area contributed by atoms with Crippen LogP contribution in [0.15, 0.2) is 0 Å². The van der Waals surface area contributed by atoms with Crippen LogP contribution in [0.1, 0.15) is 129 Å². The van der Waals surface area contributed by atoms with Gasteiger partial charge in [0.25, 0.3) is 0 Å². The van der Waals surface area contributed by atoms with Crippen molar-refractivity contribution in [3.63, 3.8) is 0 Å². The zero-order valence-electron chi connectivity index (χ0n) is 21.9. The summed E-state index contributed by atoms with van der Waals surface area (Å²) in [6, 6.07) is 0. The molecular formula is C33H54. The highest BCUT2D eigenvalue weighted by Crippen LogP contribution is 2.71. The fourth-order valence-electron chi connectivity index (χ4n) is 13.1. The van der Waals surface area contributed by atoms with Gasteiger partial charge in [0.05, 0.1) is 0 Å². The number of rotatable bonds is 2. The molecule has 7 rings (SSSR count). The minimum absolute atomic E-state index is 1.04. The standard InChI is InChI=1S/C33H54/c1-21-19-20-28-31-24(21)17-10-18-27(31)32-29(22-11-4-2-5-12-22)25-15-8-9-16-26(25)30(33(28)32)23-13-6-3-7-14-23/h21-33H,2-20H2,1H3. The number of hydrogen-bond donors (Lipinski definition) is 0. The minimum atomic E-state index is 1.04. The summed E-state index contributed by atoms with van der Waals surface area (Å²) in [6.45, 7) is 2.67. The first kappa shape index (κ1) is 22.2. The maximum Gasteiger partial charge on any atom is -0.0315 e. The maximum absolute atomic E-state index is 2.67. The van der Waals surface area contributed by atoms with Crippen LogP contribution in [0.2, 0.25) is 0 Å². The molecule has 186 valence electrons. The molecule has 7 saturated carbocycles. The Morgan fingerprint density at radius 1 is 0.303 bits per heavy atom. The smallest absolute Gasteiger partial charge is 0.0315 e. The van der Waals surface area contributed by atoms with Crippen LogP contribution in [0.25, 0.3) is 0 Å². The lowest BCUT2D eigenvalue weighted by atomic mass is 9.46. The molecule has 0 N–H and O–H groups in total. The van der Waals surface area contributed by atoms with Crippen molar-refractivity contribution >= 4 is 0 Å². The lowest BCUT2D eigenvalue weighted by Gasteiger charge is -2.59. The first-order valence-electron chi connectivity index (χ1n) is 16.3. The Bertz CT molecular complexity index is 626. The van der Waals surface area contributed by atoms with Gasteiger partial charge in [0.15, 0.2) is 0 Å². The second-order valence-corrected chi connectivity index (χ2v) is 14.8. The molecule has 11 unspecified atom stereocenters. The van der Waals surface area contributed by atoms with Gasteiger partial charge in [-0.3, -0.25) is 0 Å². The van der Waals surface area contributed by atoms with Gasteiger partial charge >= 0.3 is 0 Å². The molecule has 0 aromatic rings. The summed E-state index contributed by atoms with van der Waals surface area (Å²) >= 11 is 0. The highest BCUT2D eigenvalue weighted by atomic mass is 14.7. The van der Waals surface area contributed by atoms with Crippen LogP contribution in [-0.4, -0.2) is 0 Å². The van der Waals surface area contributed by atoms with E-state index in [1.165, 1.54) is 11.8 Å². The van der Waals surface area contributed by atoms with E-state index in [1.54, 1.807) is 122 Å². The number of hydrogen-bond acceptors (Lipinski definition) is 0. The van der Waals surface area contributed by atoms with Crippen LogP contribution in [0.5, 0.6) is 0 Å². The predicted octanol–water partition coefficient (Wildman–Crippen LogP) is 9.52. The van der Waals surface area contributed by atoms with Crippen LogP contribution >= 0.6 is 0 Å². The molecule has 0 saturated heterocycles. The van der Waals surface area contributed by atoms with E-state index in [2.05, 4.69) is 6.92 Å². The van der Waals surface area contributed by atoms with Crippen LogP contribution < -0.4 is 0 Å². The predicted molar refractivity (Wildman–Crippen MR) is 139 cm³/mol. The van der Waals surface area contributed by atoms with Crippen molar-refractivity contribution in [3.05, 3.63) is 0 Å². The molecule has 0 aromatic heterocycles. The van der Waals surface area contributed by atoms with Crippen molar-refractivity contribution in [2.24, 2.45) is 76.9 Å². The van der Waals surface area contributed by atoms with E-state index in [0.29, 0.717) is 0 Å². The quantitative estimate of drug-likeness (QED) is 0.393. The van der Waals surface area contributed by atoms with Gasteiger partial charge in [-0.2, -0.15) is 0 Å². The molecule has 7 aliphatic rings. The van der Waals surface area contributed by atoms with E-state index in [0.717, 1.165) is 65.1 Å². The van der Waals surface area contributed by atoms with Crippen LogP contribution in [0, 0.1) is 76.9 Å². The molecule has 0 heteroatoms. The SMILES string of the molecule is CC1CCC2C3C1CCCC3C1C(C3CCCCC3)C3CCCCC3C(C3CCCCC3)C21. The average Bonchev–Trinajstić information content (AvgIpc) is 3.21. The fraction of sp³-hybridized carbons (Fsp3) is 1.00. The molecule has 33 heavy (non-hydrogen) atoms. The normalized spacial score (nSPS) is 53.2. The van der Waals surface area contributed by atoms with Crippen molar-refractivity contribution in [1.82, 2.24) is 0 Å². The molecule has 0 spiro atoms. The highest BCUT2D eigenvalue weighted by Gasteiger charge is 2.65. The van der Waals surface area contributed by atoms with E-state index in [1.807, 2.05) is 0 Å². The topological polar surface area (TPSA) is 0 Å². The summed E-state index contributed by atoms with van der Waals surface area (Å²) < 4.78 is 0. The molecule has 11 atom stereocenters. The molecule has 0 nitrogen and oxygen atoms in total. The minimum Gasteiger partial charge on any atom is -0.0622 e. The summed E-state index contributed by atoms with van der Waals surface area (Å²) in [5, 5.41) is 0. The second-order valence-electron chi connectivity index (χ2n) is 14.8. The molecule has 0 radical (unpaired) electrons. The Balaban J connectivity index is 1.33. The first-order chi connectivity index (χ1) is 16.3. The van der Waals surface area contributed by atoms with Crippen molar-refractivity contribution in [2.45, 2.75) is 129 Å². The second kappa shape index (κ2) is 9.14. The van der Waals surface area contributed by atoms with E-state index in [9.17, 15) is 0 Å². The van der Waals surface area contributed by atoms with E-state index in [4.69, 9.17) is 0 Å². The summed E-state index contributed by atoms with van der Waals surface area (Å²) in [6.07, 6.45) is 30.3. The fourth-order valence-corrected chi connectivity index (χ4v) is 13.1. The maximum atomic E-state index is 2.67. The van der Waals surface area contributed by atoms with Gasteiger partial charge in [0, 0.05) is 0 Å². The van der Waals surface area contributed by atoms with E-state index < -0.39 is 0 Å². The summed E-state index contributed by atoms with van der Waals surface area (Å²) in [5.41, 5.74) is 0. The molecule has 7 aliphatic carbocycles.